The van der Waals surface area contributed by atoms with Crippen molar-refractivity contribution in [2.24, 2.45) is 0 Å². The molecule has 14 heteroatoms. The second-order valence-corrected chi connectivity index (χ2v) is 24.9. The molecule has 0 aliphatic carbocycles. The van der Waals surface area contributed by atoms with E-state index in [0.29, 0.717) is 42.8 Å². The molecule has 1 aliphatic heterocycles. The van der Waals surface area contributed by atoms with E-state index in [1.807, 2.05) is 0 Å². The van der Waals surface area contributed by atoms with Crippen molar-refractivity contribution < 1.29 is 0 Å². The number of rotatable bonds is 6. The maximum atomic E-state index is 7.62. The molecule has 0 spiro atoms. The van der Waals surface area contributed by atoms with Gasteiger partial charge in [0.2, 0.25) is 0 Å². The van der Waals surface area contributed by atoms with E-state index >= 15 is 0 Å². The van der Waals surface area contributed by atoms with Crippen LogP contribution in [0.3, 0.4) is 0 Å². The molecule has 1 heterocycles. The Morgan fingerprint density at radius 1 is 0.395 bits per heavy atom. The molecule has 4 aromatic carbocycles. The van der Waals surface area contributed by atoms with Crippen LogP contribution in [0.5, 0.6) is 0 Å². The first-order valence-corrected chi connectivity index (χ1v) is 20.3. The second-order valence-electron chi connectivity index (χ2n) is 8.42. The van der Waals surface area contributed by atoms with E-state index in [2.05, 4.69) is 10.2 Å². The summed E-state index contributed by atoms with van der Waals surface area (Å²) in [5.41, 5.74) is 2.31. The van der Waals surface area contributed by atoms with Crippen molar-refractivity contribution in [2.75, 3.05) is 19.1 Å². The Balaban J connectivity index is 1.76. The van der Waals surface area contributed by atoms with Crippen LogP contribution in [-0.4, -0.2) is 0 Å². The van der Waals surface area contributed by atoms with Gasteiger partial charge < -0.3 is 0 Å². The van der Waals surface area contributed by atoms with Crippen LogP contribution in [0.4, 0.5) is 22.7 Å². The van der Waals surface area contributed by atoms with Gasteiger partial charge in [-0.25, -0.2) is 0 Å². The molecular formula is C24H18Cl8N4P2. The molecule has 1 saturated heterocycles. The fraction of sp³-hybridized carbons (Fsp3) is 0. The summed E-state index contributed by atoms with van der Waals surface area (Å²) in [5, 5.41) is 8.86. The first-order valence-electron chi connectivity index (χ1n) is 10.9. The van der Waals surface area contributed by atoms with Gasteiger partial charge in [0.1, 0.15) is 0 Å². The summed E-state index contributed by atoms with van der Waals surface area (Å²) < 4.78 is 3.30. The average Bonchev–Trinajstić information content (AvgIpc) is 2.84. The SMILES string of the molecule is Clc1ccc(NP2(Cl)(Cl)N(c3ccc(Cl)cc3)P(Cl)(Cl)(Nc3ccc(Cl)cc3)N2c2ccc(Cl)cc2)cc1. The monoisotopic (exact) mass is 704 g/mol. The van der Waals surface area contributed by atoms with Crippen LogP contribution in [0.25, 0.3) is 0 Å². The van der Waals surface area contributed by atoms with Crippen molar-refractivity contribution in [1.82, 2.24) is 0 Å². The third-order valence-electron chi connectivity index (χ3n) is 5.72. The Bertz CT molecular complexity index is 1350. The Morgan fingerprint density at radius 3 is 0.895 bits per heavy atom. The van der Waals surface area contributed by atoms with Gasteiger partial charge in [0, 0.05) is 0 Å². The molecule has 38 heavy (non-hydrogen) atoms. The molecule has 1 aliphatic rings. The number of hydrogen-bond donors (Lipinski definition) is 2. The van der Waals surface area contributed by atoms with Crippen molar-refractivity contribution in [2.45, 2.75) is 0 Å². The molecule has 0 amide bonds. The molecule has 2 N–H and O–H groups in total. The minimum atomic E-state index is -4.48. The molecule has 0 radical (unpaired) electrons. The molecule has 0 aromatic heterocycles. The number of benzene rings is 4. The molecule has 0 saturated carbocycles. The van der Waals surface area contributed by atoms with Crippen LogP contribution < -0.4 is 19.1 Å². The van der Waals surface area contributed by atoms with Gasteiger partial charge in [-0.2, -0.15) is 0 Å². The number of anilines is 4. The number of halogens is 8. The Labute approximate surface area is 259 Å². The predicted octanol–water partition coefficient (Wildman–Crippen LogP) is 13.1. The molecule has 0 bridgehead atoms. The van der Waals surface area contributed by atoms with Gasteiger partial charge in [0.15, 0.2) is 0 Å². The molecule has 1 fully saturated rings. The summed E-state index contributed by atoms with van der Waals surface area (Å²) in [6.45, 7) is 0. The third-order valence-corrected chi connectivity index (χ3v) is 22.8. The molecule has 4 aromatic rings. The van der Waals surface area contributed by atoms with Crippen molar-refractivity contribution in [3.8, 4) is 0 Å². The summed E-state index contributed by atoms with van der Waals surface area (Å²) in [5.74, 6) is -8.96. The van der Waals surface area contributed by atoms with Crippen molar-refractivity contribution >= 4 is 126 Å². The molecule has 0 unspecified atom stereocenters. The number of nitrogens with zero attached hydrogens (tertiary/aromatic N) is 2. The van der Waals surface area contributed by atoms with Gasteiger partial charge in [-0.3, -0.25) is 0 Å². The standard InChI is InChI=1S/C24H18Cl8N4P2/c25-17-1-9-21(10-2-17)33-37(29,30)35(23-13-5-19(27)6-14-23)38(31,32,34-22-11-3-18(26)4-12-22)36(37)24-15-7-20(28)8-16-24/h1-16,33-34H. The van der Waals surface area contributed by atoms with Gasteiger partial charge in [0.25, 0.3) is 0 Å². The Kier molecular flexibility index (Phi) is 7.55. The fourth-order valence-electron chi connectivity index (χ4n) is 4.25. The quantitative estimate of drug-likeness (QED) is 0.195. The van der Waals surface area contributed by atoms with Crippen molar-refractivity contribution in [3.63, 3.8) is 0 Å². The molecule has 4 nitrogen and oxygen atoms in total. The first kappa shape index (κ1) is 28.8. The fourth-order valence-corrected chi connectivity index (χ4v) is 29.1. The predicted molar refractivity (Wildman–Crippen MR) is 175 cm³/mol. The first-order chi connectivity index (χ1) is 17.8. The Morgan fingerprint density at radius 2 is 0.632 bits per heavy atom. The van der Waals surface area contributed by atoms with Crippen molar-refractivity contribution in [3.05, 3.63) is 117 Å². The molecule has 5 rings (SSSR count). The zero-order chi connectivity index (χ0) is 27.4. The van der Waals surface area contributed by atoms with Gasteiger partial charge in [-0.1, -0.05) is 0 Å². The third kappa shape index (κ3) is 4.97. The van der Waals surface area contributed by atoms with E-state index < -0.39 is 11.5 Å². The summed E-state index contributed by atoms with van der Waals surface area (Å²) in [7, 11) is 0. The van der Waals surface area contributed by atoms with E-state index in [1.54, 1.807) is 106 Å². The second kappa shape index (κ2) is 9.97. The van der Waals surface area contributed by atoms with E-state index in [1.165, 1.54) is 0 Å². The van der Waals surface area contributed by atoms with E-state index in [9.17, 15) is 0 Å². The van der Waals surface area contributed by atoms with Crippen LogP contribution in [-0.2, 0) is 0 Å². The van der Waals surface area contributed by atoms with Crippen LogP contribution in [0.15, 0.2) is 97.1 Å². The van der Waals surface area contributed by atoms with E-state index in [0.717, 1.165) is 0 Å². The average molecular weight is 708 g/mol. The topological polar surface area (TPSA) is 30.5 Å². The van der Waals surface area contributed by atoms with Gasteiger partial charge >= 0.3 is 262 Å². The number of nitrogens with one attached hydrogen (secondary N) is 2. The summed E-state index contributed by atoms with van der Waals surface area (Å²) in [6, 6.07) is 27.8. The minimum absolute atomic E-state index is 0.522. The Hall–Kier alpha value is -0.740. The van der Waals surface area contributed by atoms with E-state index in [-0.39, 0.29) is 0 Å². The molecule has 0 atom stereocenters. The number of hydrogen-bond acceptors (Lipinski definition) is 4. The van der Waals surface area contributed by atoms with Crippen LogP contribution in [0.1, 0.15) is 0 Å². The normalized spacial score (nSPS) is 20.6. The summed E-state index contributed by atoms with van der Waals surface area (Å²) in [4.78, 5) is 0. The zero-order valence-corrected chi connectivity index (χ0v) is 26.9. The molecule has 200 valence electrons. The summed E-state index contributed by atoms with van der Waals surface area (Å²) in [6.07, 6.45) is 0. The van der Waals surface area contributed by atoms with Gasteiger partial charge in [0.05, 0.1) is 0 Å². The van der Waals surface area contributed by atoms with E-state index in [4.69, 9.17) is 91.4 Å². The zero-order valence-electron chi connectivity index (χ0n) is 19.1. The van der Waals surface area contributed by atoms with Crippen LogP contribution in [0.2, 0.25) is 20.1 Å². The van der Waals surface area contributed by atoms with Gasteiger partial charge in [-0.15, -0.1) is 0 Å². The van der Waals surface area contributed by atoms with Gasteiger partial charge in [-0.05, 0) is 0 Å². The molecular weight excluding hydrogens is 690 g/mol. The maximum absolute atomic E-state index is 7.62. The van der Waals surface area contributed by atoms with Crippen molar-refractivity contribution in [1.29, 1.82) is 0 Å². The van der Waals surface area contributed by atoms with Crippen LogP contribution in [0, 0.1) is 0 Å². The van der Waals surface area contributed by atoms with Crippen LogP contribution >= 0.6 is 103 Å². The summed E-state index contributed by atoms with van der Waals surface area (Å²) >= 11 is 55.2.